The van der Waals surface area contributed by atoms with Crippen LogP contribution in [0.1, 0.15) is 41.7 Å². The molecule has 0 saturated carbocycles. The third kappa shape index (κ3) is 4.01. The molecule has 1 aromatic heterocycles. The van der Waals surface area contributed by atoms with E-state index < -0.39 is 30.6 Å². The molecule has 23 heavy (non-hydrogen) atoms. The van der Waals surface area contributed by atoms with Crippen LogP contribution in [0, 0.1) is 0 Å². The number of carbonyl (C=O) groups is 2. The van der Waals surface area contributed by atoms with Crippen LogP contribution in [0.15, 0.2) is 5.38 Å². The van der Waals surface area contributed by atoms with Crippen LogP contribution in [0.3, 0.4) is 0 Å². The van der Waals surface area contributed by atoms with Crippen LogP contribution < -0.4 is 0 Å². The number of hydrogen-bond donors (Lipinski definition) is 0. The van der Waals surface area contributed by atoms with Crippen LogP contribution in [-0.4, -0.2) is 59.0 Å². The summed E-state index contributed by atoms with van der Waals surface area (Å²) in [5.41, 5.74) is 0.225. The fraction of sp³-hybridized carbons (Fsp3) is 0.643. The average Bonchev–Trinajstić information content (AvgIpc) is 3.04. The minimum Gasteiger partial charge on any atom is -0.332 e. The molecule has 2 rings (SSSR count). The lowest BCUT2D eigenvalue weighted by molar-refractivity contribution is -0.158. The van der Waals surface area contributed by atoms with Crippen molar-refractivity contribution in [1.82, 2.24) is 14.8 Å². The third-order valence-corrected chi connectivity index (χ3v) is 4.81. The van der Waals surface area contributed by atoms with Gasteiger partial charge < -0.3 is 9.80 Å². The smallest absolute Gasteiger partial charge is 0.332 e. The van der Waals surface area contributed by atoms with Gasteiger partial charge in [0.25, 0.3) is 5.91 Å². The number of nitrogens with zero attached hydrogens (tertiary/aromatic N) is 3. The predicted molar refractivity (Wildman–Crippen MR) is 79.3 cm³/mol. The van der Waals surface area contributed by atoms with Crippen LogP contribution in [-0.2, 0) is 4.79 Å². The van der Waals surface area contributed by atoms with Crippen LogP contribution >= 0.6 is 11.3 Å². The summed E-state index contributed by atoms with van der Waals surface area (Å²) >= 11 is 1.35. The maximum absolute atomic E-state index is 12.4. The minimum absolute atomic E-state index is 0.00502. The summed E-state index contributed by atoms with van der Waals surface area (Å²) in [6.07, 6.45) is -4.24. The molecule has 128 valence electrons. The first-order valence-electron chi connectivity index (χ1n) is 7.18. The third-order valence-electron chi connectivity index (χ3n) is 3.66. The summed E-state index contributed by atoms with van der Waals surface area (Å²) in [7, 11) is 1.43. The fourth-order valence-electron chi connectivity index (χ4n) is 2.43. The zero-order valence-electron chi connectivity index (χ0n) is 13.1. The number of likely N-dealkylation sites (tertiary alicyclic amines) is 1. The normalized spacial score (nSPS) is 18.8. The highest BCUT2D eigenvalue weighted by Gasteiger charge is 2.42. The van der Waals surface area contributed by atoms with E-state index in [0.717, 1.165) is 9.91 Å². The van der Waals surface area contributed by atoms with Crippen LogP contribution in [0.5, 0.6) is 0 Å². The van der Waals surface area contributed by atoms with Gasteiger partial charge in [0.15, 0.2) is 0 Å². The Morgan fingerprint density at radius 3 is 2.70 bits per heavy atom. The molecule has 0 radical (unpaired) electrons. The molecule has 0 N–H and O–H groups in total. The maximum atomic E-state index is 12.4. The van der Waals surface area contributed by atoms with Crippen molar-refractivity contribution in [3.63, 3.8) is 0 Å². The number of alkyl halides is 3. The Morgan fingerprint density at radius 1 is 1.52 bits per heavy atom. The lowest BCUT2D eigenvalue weighted by Crippen LogP contribution is -2.44. The molecule has 0 aliphatic carbocycles. The van der Waals surface area contributed by atoms with Gasteiger partial charge in [-0.25, -0.2) is 4.98 Å². The fourth-order valence-corrected chi connectivity index (χ4v) is 3.24. The largest absolute Gasteiger partial charge is 0.406 e. The van der Waals surface area contributed by atoms with Gasteiger partial charge in [-0.05, 0) is 6.42 Å². The van der Waals surface area contributed by atoms with Crippen molar-refractivity contribution in [3.05, 3.63) is 16.1 Å². The average molecular weight is 349 g/mol. The van der Waals surface area contributed by atoms with Crippen molar-refractivity contribution in [1.29, 1.82) is 0 Å². The van der Waals surface area contributed by atoms with Crippen molar-refractivity contribution in [2.75, 3.05) is 20.1 Å². The number of rotatable bonds is 4. The van der Waals surface area contributed by atoms with E-state index in [2.05, 4.69) is 4.98 Å². The maximum Gasteiger partial charge on any atom is 0.406 e. The Morgan fingerprint density at radius 2 is 2.17 bits per heavy atom. The molecule has 1 aromatic rings. The molecule has 0 bridgehead atoms. The standard InChI is InChI=1S/C14H18F3N3O2S/c1-8(2)11-18-9(6-23-11)12(21)19(3)10-4-5-20(13(10)22)7-14(15,16)17/h6,8,10H,4-5,7H2,1-3H3. The topological polar surface area (TPSA) is 53.5 Å². The summed E-state index contributed by atoms with van der Waals surface area (Å²) < 4.78 is 37.3. The molecule has 5 nitrogen and oxygen atoms in total. The van der Waals surface area contributed by atoms with Gasteiger partial charge in [-0.1, -0.05) is 13.8 Å². The molecular formula is C14H18F3N3O2S. The Hall–Kier alpha value is -1.64. The van der Waals surface area contributed by atoms with Gasteiger partial charge in [0.1, 0.15) is 18.3 Å². The van der Waals surface area contributed by atoms with E-state index in [9.17, 15) is 22.8 Å². The Kier molecular flexibility index (Phi) is 4.98. The summed E-state index contributed by atoms with van der Waals surface area (Å²) in [5.74, 6) is -0.930. The predicted octanol–water partition coefficient (Wildman–Crippen LogP) is 2.50. The van der Waals surface area contributed by atoms with E-state index in [1.807, 2.05) is 13.8 Å². The minimum atomic E-state index is -4.44. The monoisotopic (exact) mass is 349 g/mol. The first-order chi connectivity index (χ1) is 10.6. The molecule has 2 amide bonds. The van der Waals surface area contributed by atoms with Crippen molar-refractivity contribution in [3.8, 4) is 0 Å². The first-order valence-corrected chi connectivity index (χ1v) is 8.06. The summed E-state index contributed by atoms with van der Waals surface area (Å²) in [5, 5.41) is 2.42. The van der Waals surface area contributed by atoms with E-state index in [4.69, 9.17) is 0 Å². The molecule has 1 unspecified atom stereocenters. The second kappa shape index (κ2) is 6.46. The number of halogens is 3. The van der Waals surface area contributed by atoms with Crippen molar-refractivity contribution in [2.45, 2.75) is 38.4 Å². The van der Waals surface area contributed by atoms with Crippen LogP contribution in [0.2, 0.25) is 0 Å². The molecule has 1 saturated heterocycles. The second-order valence-corrected chi connectivity index (χ2v) is 6.71. The number of thiazole rings is 1. The highest BCUT2D eigenvalue weighted by Crippen LogP contribution is 2.25. The van der Waals surface area contributed by atoms with Crippen molar-refractivity contribution in [2.24, 2.45) is 0 Å². The lowest BCUT2D eigenvalue weighted by Gasteiger charge is -2.23. The molecule has 9 heteroatoms. The summed E-state index contributed by atoms with van der Waals surface area (Å²) in [4.78, 5) is 30.6. The number of hydrogen-bond acceptors (Lipinski definition) is 4. The van der Waals surface area contributed by atoms with Gasteiger partial charge in [-0.3, -0.25) is 9.59 Å². The number of likely N-dealkylation sites (N-methyl/N-ethyl adjacent to an activating group) is 1. The lowest BCUT2D eigenvalue weighted by atomic mass is 10.2. The van der Waals surface area contributed by atoms with Crippen LogP contribution in [0.25, 0.3) is 0 Å². The van der Waals surface area contributed by atoms with Gasteiger partial charge in [-0.2, -0.15) is 13.2 Å². The Labute approximate surface area is 136 Å². The van der Waals surface area contributed by atoms with Gasteiger partial charge in [-0.15, -0.1) is 11.3 Å². The first kappa shape index (κ1) is 17.7. The molecule has 0 spiro atoms. The molecule has 1 aliphatic rings. The second-order valence-electron chi connectivity index (χ2n) is 5.82. The highest BCUT2D eigenvalue weighted by atomic mass is 32.1. The zero-order chi connectivity index (χ0) is 17.4. The number of carbonyl (C=O) groups excluding carboxylic acids is 2. The molecule has 1 fully saturated rings. The van der Waals surface area contributed by atoms with Gasteiger partial charge in [0, 0.05) is 24.9 Å². The molecule has 1 aliphatic heterocycles. The van der Waals surface area contributed by atoms with Crippen LogP contribution in [0.4, 0.5) is 13.2 Å². The number of aromatic nitrogens is 1. The highest BCUT2D eigenvalue weighted by molar-refractivity contribution is 7.09. The SMILES string of the molecule is CC(C)c1nc(C(=O)N(C)C2CCN(CC(F)(F)F)C2=O)cs1. The molecular weight excluding hydrogens is 331 g/mol. The van der Waals surface area contributed by atoms with E-state index in [1.54, 1.807) is 5.38 Å². The zero-order valence-corrected chi connectivity index (χ0v) is 13.9. The Balaban J connectivity index is 2.06. The summed E-state index contributed by atoms with van der Waals surface area (Å²) in [6, 6.07) is -0.867. The molecule has 1 atom stereocenters. The van der Waals surface area contributed by atoms with Crippen molar-refractivity contribution < 1.29 is 22.8 Å². The van der Waals surface area contributed by atoms with Gasteiger partial charge in [0.05, 0.1) is 5.01 Å². The quantitative estimate of drug-likeness (QED) is 0.839. The van der Waals surface area contributed by atoms with E-state index >= 15 is 0 Å². The molecule has 0 aromatic carbocycles. The van der Waals surface area contributed by atoms with E-state index in [0.29, 0.717) is 0 Å². The van der Waals surface area contributed by atoms with Gasteiger partial charge >= 0.3 is 6.18 Å². The van der Waals surface area contributed by atoms with E-state index in [1.165, 1.54) is 23.3 Å². The van der Waals surface area contributed by atoms with E-state index in [-0.39, 0.29) is 24.6 Å². The summed E-state index contributed by atoms with van der Waals surface area (Å²) in [6.45, 7) is 2.62. The Bertz CT molecular complexity index is 600. The number of amides is 2. The van der Waals surface area contributed by atoms with Crippen molar-refractivity contribution >= 4 is 23.2 Å². The molecule has 2 heterocycles. The van der Waals surface area contributed by atoms with Gasteiger partial charge in [0.2, 0.25) is 5.91 Å².